The second-order valence-corrected chi connectivity index (χ2v) is 3.45. The number of hydrogen-bond acceptors (Lipinski definition) is 5. The van der Waals surface area contributed by atoms with E-state index in [1.54, 1.807) is 6.07 Å². The molecular formula is C11H11N3O3. The monoisotopic (exact) mass is 233 g/mol. The third-order valence-corrected chi connectivity index (χ3v) is 2.22. The van der Waals surface area contributed by atoms with E-state index in [4.69, 9.17) is 15.6 Å². The number of ether oxygens (including phenoxy) is 1. The van der Waals surface area contributed by atoms with Crippen molar-refractivity contribution in [3.05, 3.63) is 30.6 Å². The van der Waals surface area contributed by atoms with Gasteiger partial charge in [0.25, 0.3) is 0 Å². The maximum atomic E-state index is 10.5. The molecule has 1 aromatic heterocycles. The van der Waals surface area contributed by atoms with Crippen LogP contribution in [0.25, 0.3) is 10.9 Å². The Morgan fingerprint density at radius 3 is 2.94 bits per heavy atom. The molecule has 17 heavy (non-hydrogen) atoms. The maximum absolute atomic E-state index is 10.5. The summed E-state index contributed by atoms with van der Waals surface area (Å²) in [6.07, 6.45) is 1.37. The lowest BCUT2D eigenvalue weighted by Crippen LogP contribution is -2.36. The van der Waals surface area contributed by atoms with Crippen LogP contribution in [0.3, 0.4) is 0 Å². The molecular weight excluding hydrogens is 222 g/mol. The van der Waals surface area contributed by atoms with Gasteiger partial charge in [-0.1, -0.05) is 12.1 Å². The molecule has 88 valence electrons. The van der Waals surface area contributed by atoms with Gasteiger partial charge in [-0.2, -0.15) is 0 Å². The number of para-hydroxylation sites is 1. The normalized spacial score (nSPS) is 12.3. The van der Waals surface area contributed by atoms with Crippen LogP contribution in [-0.4, -0.2) is 33.7 Å². The van der Waals surface area contributed by atoms with Gasteiger partial charge in [0.2, 0.25) is 5.88 Å². The van der Waals surface area contributed by atoms with Gasteiger partial charge in [0.1, 0.15) is 19.0 Å². The van der Waals surface area contributed by atoms with Crippen LogP contribution in [0.4, 0.5) is 0 Å². The topological polar surface area (TPSA) is 98.3 Å². The molecule has 0 aliphatic carbocycles. The Hall–Kier alpha value is -2.21. The second kappa shape index (κ2) is 4.75. The van der Waals surface area contributed by atoms with E-state index in [-0.39, 0.29) is 6.61 Å². The first-order valence-electron chi connectivity index (χ1n) is 4.99. The molecule has 6 nitrogen and oxygen atoms in total. The summed E-state index contributed by atoms with van der Waals surface area (Å²) in [5, 5.41) is 9.36. The second-order valence-electron chi connectivity index (χ2n) is 3.45. The van der Waals surface area contributed by atoms with Crippen LogP contribution in [0.1, 0.15) is 0 Å². The summed E-state index contributed by atoms with van der Waals surface area (Å²) in [7, 11) is 0. The number of nitrogens with two attached hydrogens (primary N) is 1. The van der Waals surface area contributed by atoms with E-state index in [1.807, 2.05) is 18.2 Å². The largest absolute Gasteiger partial charge is 0.480 e. The van der Waals surface area contributed by atoms with E-state index in [0.717, 1.165) is 10.9 Å². The molecule has 1 unspecified atom stereocenters. The molecule has 3 N–H and O–H groups in total. The number of aromatic nitrogens is 2. The lowest BCUT2D eigenvalue weighted by molar-refractivity contribution is -0.139. The van der Waals surface area contributed by atoms with Crippen LogP contribution in [-0.2, 0) is 4.79 Å². The molecule has 1 heterocycles. The Balaban J connectivity index is 2.21. The van der Waals surface area contributed by atoms with Crippen molar-refractivity contribution in [3.63, 3.8) is 0 Å². The Kier molecular flexibility index (Phi) is 3.15. The number of carbonyl (C=O) groups is 1. The quantitative estimate of drug-likeness (QED) is 0.794. The predicted octanol–water partition coefficient (Wildman–Crippen LogP) is 0.420. The molecule has 0 saturated carbocycles. The number of carboxylic acids is 1. The van der Waals surface area contributed by atoms with Crippen LogP contribution in [0.5, 0.6) is 5.88 Å². The van der Waals surface area contributed by atoms with Gasteiger partial charge in [-0.15, -0.1) is 0 Å². The molecule has 1 aromatic carbocycles. The van der Waals surface area contributed by atoms with E-state index in [0.29, 0.717) is 5.88 Å². The summed E-state index contributed by atoms with van der Waals surface area (Å²) in [6, 6.07) is 6.24. The van der Waals surface area contributed by atoms with Gasteiger partial charge in [-0.05, 0) is 12.1 Å². The van der Waals surface area contributed by atoms with E-state index >= 15 is 0 Å². The highest BCUT2D eigenvalue weighted by Crippen LogP contribution is 2.20. The summed E-state index contributed by atoms with van der Waals surface area (Å²) < 4.78 is 5.29. The zero-order valence-electron chi connectivity index (χ0n) is 8.91. The van der Waals surface area contributed by atoms with Crippen LogP contribution in [0, 0.1) is 0 Å². The molecule has 0 amide bonds. The zero-order chi connectivity index (χ0) is 12.3. The van der Waals surface area contributed by atoms with Crippen LogP contribution >= 0.6 is 0 Å². The van der Waals surface area contributed by atoms with Gasteiger partial charge >= 0.3 is 5.97 Å². The van der Waals surface area contributed by atoms with Gasteiger partial charge in [-0.25, -0.2) is 9.97 Å². The Morgan fingerprint density at radius 2 is 2.18 bits per heavy atom. The minimum atomic E-state index is -1.11. The fourth-order valence-electron chi connectivity index (χ4n) is 1.34. The molecule has 0 aliphatic heterocycles. The smallest absolute Gasteiger partial charge is 0.324 e. The first-order valence-corrected chi connectivity index (χ1v) is 4.99. The Labute approximate surface area is 97.1 Å². The average Bonchev–Trinajstić information content (AvgIpc) is 2.35. The first kappa shape index (κ1) is 11.3. The number of hydrogen-bond donors (Lipinski definition) is 2. The van der Waals surface area contributed by atoms with Crippen molar-refractivity contribution in [2.45, 2.75) is 6.04 Å². The van der Waals surface area contributed by atoms with Crippen molar-refractivity contribution in [2.75, 3.05) is 6.61 Å². The fourth-order valence-corrected chi connectivity index (χ4v) is 1.34. The number of aliphatic carboxylic acids is 1. The summed E-state index contributed by atoms with van der Waals surface area (Å²) >= 11 is 0. The summed E-state index contributed by atoms with van der Waals surface area (Å²) in [5.74, 6) is -0.768. The van der Waals surface area contributed by atoms with Crippen molar-refractivity contribution in [1.82, 2.24) is 9.97 Å². The van der Waals surface area contributed by atoms with E-state index in [2.05, 4.69) is 9.97 Å². The fraction of sp³-hybridized carbons (Fsp3) is 0.182. The number of fused-ring (bicyclic) bond motifs is 1. The molecule has 0 radical (unpaired) electrons. The maximum Gasteiger partial charge on any atom is 0.324 e. The molecule has 0 spiro atoms. The van der Waals surface area contributed by atoms with Gasteiger partial charge in [0, 0.05) is 0 Å². The average molecular weight is 233 g/mol. The van der Waals surface area contributed by atoms with Crippen molar-refractivity contribution < 1.29 is 14.6 Å². The molecule has 2 aromatic rings. The molecule has 2 rings (SSSR count). The van der Waals surface area contributed by atoms with Gasteiger partial charge in [0.15, 0.2) is 0 Å². The molecule has 0 fully saturated rings. The lowest BCUT2D eigenvalue weighted by atomic mass is 10.2. The van der Waals surface area contributed by atoms with Crippen LogP contribution in [0.2, 0.25) is 0 Å². The van der Waals surface area contributed by atoms with Crippen LogP contribution in [0.15, 0.2) is 30.6 Å². The zero-order valence-corrected chi connectivity index (χ0v) is 8.91. The third-order valence-electron chi connectivity index (χ3n) is 2.22. The van der Waals surface area contributed by atoms with Crippen LogP contribution < -0.4 is 10.5 Å². The SMILES string of the molecule is NC(COc1ncnc2ccccc12)C(=O)O. The minimum absolute atomic E-state index is 0.129. The van der Waals surface area contributed by atoms with E-state index < -0.39 is 12.0 Å². The highest BCUT2D eigenvalue weighted by Gasteiger charge is 2.13. The van der Waals surface area contributed by atoms with Gasteiger partial charge in [0.05, 0.1) is 10.9 Å². The lowest BCUT2D eigenvalue weighted by Gasteiger charge is -2.09. The first-order chi connectivity index (χ1) is 8.18. The highest BCUT2D eigenvalue weighted by molar-refractivity contribution is 5.83. The van der Waals surface area contributed by atoms with Crippen molar-refractivity contribution in [3.8, 4) is 5.88 Å². The number of rotatable bonds is 4. The summed E-state index contributed by atoms with van der Waals surface area (Å²) in [6.45, 7) is -0.129. The predicted molar refractivity (Wildman–Crippen MR) is 60.6 cm³/mol. The summed E-state index contributed by atoms with van der Waals surface area (Å²) in [4.78, 5) is 18.6. The van der Waals surface area contributed by atoms with Crippen molar-refractivity contribution in [1.29, 1.82) is 0 Å². The van der Waals surface area contributed by atoms with Gasteiger partial charge < -0.3 is 15.6 Å². The summed E-state index contributed by atoms with van der Waals surface area (Å²) in [5.41, 5.74) is 6.08. The molecule has 0 aliphatic rings. The third kappa shape index (κ3) is 2.48. The van der Waals surface area contributed by atoms with E-state index in [9.17, 15) is 4.79 Å². The minimum Gasteiger partial charge on any atom is -0.480 e. The Bertz CT molecular complexity index is 539. The number of nitrogens with zero attached hydrogens (tertiary/aromatic N) is 2. The van der Waals surface area contributed by atoms with Gasteiger partial charge in [-0.3, -0.25) is 4.79 Å². The Morgan fingerprint density at radius 1 is 1.41 bits per heavy atom. The molecule has 6 heteroatoms. The standard InChI is InChI=1S/C11H11N3O3/c12-8(11(15)16)5-17-10-7-3-1-2-4-9(7)13-6-14-10/h1-4,6,8H,5,12H2,(H,15,16). The van der Waals surface area contributed by atoms with E-state index in [1.165, 1.54) is 6.33 Å². The molecule has 0 bridgehead atoms. The molecule has 0 saturated heterocycles. The van der Waals surface area contributed by atoms with Crippen molar-refractivity contribution in [2.24, 2.45) is 5.73 Å². The number of carboxylic acid groups (broad SMARTS) is 1. The highest BCUT2D eigenvalue weighted by atomic mass is 16.5. The molecule has 1 atom stereocenters. The number of benzene rings is 1. The van der Waals surface area contributed by atoms with Crippen molar-refractivity contribution >= 4 is 16.9 Å².